The van der Waals surface area contributed by atoms with Gasteiger partial charge >= 0.3 is 0 Å². The Balaban J connectivity index is 3.01. The summed E-state index contributed by atoms with van der Waals surface area (Å²) in [6.07, 6.45) is 24.5. The summed E-state index contributed by atoms with van der Waals surface area (Å²) >= 11 is 0. The fraction of sp³-hybridized carbons (Fsp3) is 0.905. The molecule has 130 valence electrons. The minimum atomic E-state index is -0.523. The molecule has 0 aliphatic carbocycles. The Morgan fingerprint density at radius 1 is 0.636 bits per heavy atom. The van der Waals surface area contributed by atoms with Gasteiger partial charge in [0, 0.05) is 0 Å². The van der Waals surface area contributed by atoms with E-state index >= 15 is 0 Å². The van der Waals surface area contributed by atoms with Crippen LogP contribution in [0.1, 0.15) is 110 Å². The largest absolute Gasteiger partial charge is 0.380 e. The maximum absolute atomic E-state index is 9.24. The minimum Gasteiger partial charge on any atom is -0.380 e. The lowest BCUT2D eigenvalue weighted by Crippen LogP contribution is -2.01. The van der Waals surface area contributed by atoms with Crippen LogP contribution in [0.15, 0.2) is 0 Å². The van der Waals surface area contributed by atoms with Crippen LogP contribution in [0, 0.1) is 18.3 Å². The fourth-order valence-electron chi connectivity index (χ4n) is 2.92. The van der Waals surface area contributed by atoms with Crippen LogP contribution in [-0.2, 0) is 0 Å². The highest BCUT2D eigenvalue weighted by Gasteiger charge is 1.98. The lowest BCUT2D eigenvalue weighted by Gasteiger charge is -2.05. The SMILES string of the molecule is C#CC(O)CCCCCCCCCCCCCCCC(C)C. The molecule has 0 amide bonds. The van der Waals surface area contributed by atoms with Gasteiger partial charge in [-0.05, 0) is 18.8 Å². The van der Waals surface area contributed by atoms with Crippen LogP contribution in [0.3, 0.4) is 0 Å². The Morgan fingerprint density at radius 3 is 1.27 bits per heavy atom. The van der Waals surface area contributed by atoms with Crippen molar-refractivity contribution >= 4 is 0 Å². The van der Waals surface area contributed by atoms with Gasteiger partial charge in [0.25, 0.3) is 0 Å². The van der Waals surface area contributed by atoms with Gasteiger partial charge in [-0.3, -0.25) is 0 Å². The molecule has 1 atom stereocenters. The van der Waals surface area contributed by atoms with Crippen LogP contribution < -0.4 is 0 Å². The van der Waals surface area contributed by atoms with E-state index in [1.165, 1.54) is 83.5 Å². The summed E-state index contributed by atoms with van der Waals surface area (Å²) < 4.78 is 0. The summed E-state index contributed by atoms with van der Waals surface area (Å²) in [6.45, 7) is 4.64. The number of aliphatic hydroxyl groups is 1. The van der Waals surface area contributed by atoms with Gasteiger partial charge in [-0.1, -0.05) is 103 Å². The second-order valence-electron chi connectivity index (χ2n) is 7.25. The van der Waals surface area contributed by atoms with Gasteiger partial charge in [-0.25, -0.2) is 0 Å². The van der Waals surface area contributed by atoms with E-state index in [4.69, 9.17) is 6.42 Å². The number of rotatable bonds is 16. The van der Waals surface area contributed by atoms with Gasteiger partial charge in [0.2, 0.25) is 0 Å². The molecule has 0 aliphatic rings. The second-order valence-corrected chi connectivity index (χ2v) is 7.25. The maximum Gasteiger partial charge on any atom is 0.114 e. The van der Waals surface area contributed by atoms with Crippen LogP contribution >= 0.6 is 0 Å². The summed E-state index contributed by atoms with van der Waals surface area (Å²) in [7, 11) is 0. The molecule has 0 radical (unpaired) electrons. The molecule has 0 aromatic rings. The third-order valence-corrected chi connectivity index (χ3v) is 4.45. The van der Waals surface area contributed by atoms with Crippen molar-refractivity contribution in [3.8, 4) is 12.3 Å². The quantitative estimate of drug-likeness (QED) is 0.255. The van der Waals surface area contributed by atoms with E-state index in [-0.39, 0.29) is 0 Å². The third kappa shape index (κ3) is 17.6. The molecule has 1 nitrogen and oxygen atoms in total. The molecule has 0 saturated heterocycles. The molecule has 1 unspecified atom stereocenters. The van der Waals surface area contributed by atoms with Crippen molar-refractivity contribution < 1.29 is 5.11 Å². The normalized spacial score (nSPS) is 12.5. The van der Waals surface area contributed by atoms with Crippen molar-refractivity contribution in [1.29, 1.82) is 0 Å². The zero-order valence-corrected chi connectivity index (χ0v) is 15.3. The van der Waals surface area contributed by atoms with Crippen molar-refractivity contribution in [2.75, 3.05) is 0 Å². The second kappa shape index (κ2) is 16.9. The standard InChI is InChI=1S/C21H40O/c1-4-21(22)19-17-15-13-11-9-7-5-6-8-10-12-14-16-18-20(2)3/h1,20-22H,5-19H2,2-3H3. The summed E-state index contributed by atoms with van der Waals surface area (Å²) in [5.41, 5.74) is 0. The highest BCUT2D eigenvalue weighted by Crippen LogP contribution is 2.14. The highest BCUT2D eigenvalue weighted by molar-refractivity contribution is 4.92. The van der Waals surface area contributed by atoms with Crippen LogP contribution in [0.5, 0.6) is 0 Å². The molecular formula is C21H40O. The first-order valence-corrected chi connectivity index (χ1v) is 9.81. The fourth-order valence-corrected chi connectivity index (χ4v) is 2.92. The monoisotopic (exact) mass is 308 g/mol. The molecular weight excluding hydrogens is 268 g/mol. The van der Waals surface area contributed by atoms with Crippen molar-refractivity contribution in [1.82, 2.24) is 0 Å². The topological polar surface area (TPSA) is 20.2 Å². The van der Waals surface area contributed by atoms with Gasteiger partial charge in [0.05, 0.1) is 0 Å². The molecule has 0 aromatic carbocycles. The maximum atomic E-state index is 9.24. The van der Waals surface area contributed by atoms with E-state index in [0.717, 1.165) is 18.8 Å². The Bertz CT molecular complexity index is 251. The molecule has 0 bridgehead atoms. The molecule has 0 fully saturated rings. The zero-order valence-electron chi connectivity index (χ0n) is 15.3. The van der Waals surface area contributed by atoms with Crippen molar-refractivity contribution in [2.45, 2.75) is 116 Å². The van der Waals surface area contributed by atoms with Crippen molar-refractivity contribution in [3.63, 3.8) is 0 Å². The Hall–Kier alpha value is -0.480. The van der Waals surface area contributed by atoms with Crippen LogP contribution in [0.2, 0.25) is 0 Å². The van der Waals surface area contributed by atoms with E-state index in [1.807, 2.05) is 0 Å². The number of hydrogen-bond acceptors (Lipinski definition) is 1. The third-order valence-electron chi connectivity index (χ3n) is 4.45. The summed E-state index contributed by atoms with van der Waals surface area (Å²) in [5, 5.41) is 9.24. The van der Waals surface area contributed by atoms with Crippen molar-refractivity contribution in [2.24, 2.45) is 5.92 Å². The van der Waals surface area contributed by atoms with E-state index < -0.39 is 6.10 Å². The van der Waals surface area contributed by atoms with Crippen molar-refractivity contribution in [3.05, 3.63) is 0 Å². The number of hydrogen-bond donors (Lipinski definition) is 1. The van der Waals surface area contributed by atoms with Gasteiger partial charge in [0.1, 0.15) is 6.10 Å². The predicted molar refractivity (Wildman–Crippen MR) is 98.9 cm³/mol. The van der Waals surface area contributed by atoms with E-state index in [0.29, 0.717) is 0 Å². The predicted octanol–water partition coefficient (Wildman–Crippen LogP) is 6.49. The Kier molecular flexibility index (Phi) is 16.5. The number of aliphatic hydroxyl groups excluding tert-OH is 1. The van der Waals surface area contributed by atoms with Gasteiger partial charge in [-0.15, -0.1) is 6.42 Å². The Labute approximate surface area is 140 Å². The molecule has 0 spiro atoms. The molecule has 1 N–H and O–H groups in total. The molecule has 0 heterocycles. The summed E-state index contributed by atoms with van der Waals surface area (Å²) in [5.74, 6) is 3.25. The van der Waals surface area contributed by atoms with E-state index in [9.17, 15) is 5.11 Å². The lowest BCUT2D eigenvalue weighted by molar-refractivity contribution is 0.217. The number of unbranched alkanes of at least 4 members (excludes halogenated alkanes) is 12. The molecule has 1 heteroatoms. The molecule has 22 heavy (non-hydrogen) atoms. The number of terminal acetylenes is 1. The highest BCUT2D eigenvalue weighted by atomic mass is 16.3. The molecule has 0 aliphatic heterocycles. The van der Waals surface area contributed by atoms with Gasteiger partial charge < -0.3 is 5.11 Å². The van der Waals surface area contributed by atoms with E-state index in [2.05, 4.69) is 19.8 Å². The average molecular weight is 309 g/mol. The summed E-state index contributed by atoms with van der Waals surface area (Å²) in [6, 6.07) is 0. The van der Waals surface area contributed by atoms with Gasteiger partial charge in [-0.2, -0.15) is 0 Å². The average Bonchev–Trinajstić information content (AvgIpc) is 2.50. The molecule has 0 rings (SSSR count). The first-order valence-electron chi connectivity index (χ1n) is 9.81. The molecule has 0 saturated carbocycles. The summed E-state index contributed by atoms with van der Waals surface area (Å²) in [4.78, 5) is 0. The first-order chi connectivity index (χ1) is 10.7. The van der Waals surface area contributed by atoms with Crippen LogP contribution in [0.4, 0.5) is 0 Å². The molecule has 0 aromatic heterocycles. The zero-order chi connectivity index (χ0) is 16.5. The first kappa shape index (κ1) is 21.5. The van der Waals surface area contributed by atoms with Gasteiger partial charge in [0.15, 0.2) is 0 Å². The van der Waals surface area contributed by atoms with E-state index in [1.54, 1.807) is 0 Å². The minimum absolute atomic E-state index is 0.523. The van der Waals surface area contributed by atoms with Crippen LogP contribution in [-0.4, -0.2) is 11.2 Å². The lowest BCUT2D eigenvalue weighted by atomic mass is 10.0. The Morgan fingerprint density at radius 2 is 0.955 bits per heavy atom. The smallest absolute Gasteiger partial charge is 0.114 e. The van der Waals surface area contributed by atoms with Crippen LogP contribution in [0.25, 0.3) is 0 Å².